The van der Waals surface area contributed by atoms with E-state index >= 15 is 0 Å². The van der Waals surface area contributed by atoms with Crippen LogP contribution in [-0.4, -0.2) is 30.7 Å². The second kappa shape index (κ2) is 10.2. The first-order chi connectivity index (χ1) is 12.9. The first kappa shape index (κ1) is 18.7. The number of benzene rings is 2. The maximum absolute atomic E-state index is 8.97. The molecule has 0 aromatic heterocycles. The zero-order chi connectivity index (χ0) is 18.0. The van der Waals surface area contributed by atoms with Gasteiger partial charge in [-0.05, 0) is 29.7 Å². The van der Waals surface area contributed by atoms with Crippen LogP contribution in [0.2, 0.25) is 0 Å². The van der Waals surface area contributed by atoms with Gasteiger partial charge < -0.3 is 14.7 Å². The number of hydrogen-bond acceptors (Lipinski definition) is 4. The molecule has 1 N–H and O–H groups in total. The Balaban J connectivity index is 1.35. The molecule has 26 heavy (non-hydrogen) atoms. The number of unbranched alkanes of at least 4 members (excludes halogenated alkanes) is 6. The molecule has 1 aliphatic heterocycles. The van der Waals surface area contributed by atoms with Gasteiger partial charge >= 0.3 is 0 Å². The van der Waals surface area contributed by atoms with E-state index in [1.165, 1.54) is 51.2 Å². The van der Waals surface area contributed by atoms with Crippen LogP contribution in [-0.2, 0) is 4.74 Å². The number of hydrogen-bond donors (Lipinski definition) is 1. The van der Waals surface area contributed by atoms with Crippen LogP contribution in [0.4, 0.5) is 0 Å². The van der Waals surface area contributed by atoms with Crippen molar-refractivity contribution < 1.29 is 14.7 Å². The molecule has 0 bridgehead atoms. The van der Waals surface area contributed by atoms with E-state index in [1.54, 1.807) is 0 Å². The lowest BCUT2D eigenvalue weighted by Gasteiger charge is -2.11. The van der Waals surface area contributed by atoms with Gasteiger partial charge in [0.25, 0.3) is 0 Å². The number of ether oxygens (including phenoxy) is 2. The molecule has 0 saturated carbocycles. The summed E-state index contributed by atoms with van der Waals surface area (Å²) in [6.45, 7) is 1.69. The number of nitrogens with zero attached hydrogens (tertiary/aromatic N) is 1. The molecule has 3 rings (SSSR count). The van der Waals surface area contributed by atoms with Crippen molar-refractivity contribution in [1.82, 2.24) is 0 Å². The Kier molecular flexibility index (Phi) is 7.32. The largest absolute Gasteiger partial charge is 0.493 e. The summed E-state index contributed by atoms with van der Waals surface area (Å²) < 4.78 is 11.2. The van der Waals surface area contributed by atoms with Crippen LogP contribution in [0, 0.1) is 0 Å². The van der Waals surface area contributed by atoms with E-state index in [9.17, 15) is 0 Å². The lowest BCUT2D eigenvalue weighted by atomic mass is 10.0. The molecule has 1 saturated heterocycles. The molecular formula is C22H29NO3. The predicted molar refractivity (Wildman–Crippen MR) is 105 cm³/mol. The summed E-state index contributed by atoms with van der Waals surface area (Å²) in [4.78, 5) is 0. The fourth-order valence-corrected chi connectivity index (χ4v) is 3.37. The minimum atomic E-state index is 0.586. The highest BCUT2D eigenvalue weighted by Gasteiger charge is 2.20. The number of fused-ring (bicyclic) bond motifs is 1. The monoisotopic (exact) mass is 355 g/mol. The third kappa shape index (κ3) is 5.73. The van der Waals surface area contributed by atoms with E-state index in [1.807, 2.05) is 36.4 Å². The van der Waals surface area contributed by atoms with Crippen LogP contribution in [0.15, 0.2) is 41.6 Å². The van der Waals surface area contributed by atoms with Crippen LogP contribution in [0.3, 0.4) is 0 Å². The third-order valence-corrected chi connectivity index (χ3v) is 4.95. The normalized spacial score (nSPS) is 16.4. The average molecular weight is 355 g/mol. The van der Waals surface area contributed by atoms with Crippen LogP contribution >= 0.6 is 0 Å². The fourth-order valence-electron chi connectivity index (χ4n) is 3.37. The molecular weight excluding hydrogens is 326 g/mol. The van der Waals surface area contributed by atoms with Gasteiger partial charge in [0.2, 0.25) is 0 Å². The maximum Gasteiger partial charge on any atom is 0.128 e. The predicted octanol–water partition coefficient (Wildman–Crippen LogP) is 5.55. The summed E-state index contributed by atoms with van der Waals surface area (Å²) in [5, 5.41) is 14.3. The SMILES string of the molecule is O/N=C\c1c(OCCCCCCCCCC2CO2)ccc2ccccc12. The fraction of sp³-hybridized carbons (Fsp3) is 0.500. The molecule has 1 fully saturated rings. The van der Waals surface area contributed by atoms with E-state index in [-0.39, 0.29) is 0 Å². The van der Waals surface area contributed by atoms with Gasteiger partial charge in [-0.3, -0.25) is 0 Å². The molecule has 4 heteroatoms. The van der Waals surface area contributed by atoms with Crippen molar-refractivity contribution in [3.63, 3.8) is 0 Å². The van der Waals surface area contributed by atoms with E-state index in [2.05, 4.69) is 5.16 Å². The van der Waals surface area contributed by atoms with Gasteiger partial charge in [-0.15, -0.1) is 0 Å². The number of rotatable bonds is 12. The van der Waals surface area contributed by atoms with Crippen LogP contribution in [0.5, 0.6) is 5.75 Å². The van der Waals surface area contributed by atoms with E-state index in [4.69, 9.17) is 14.7 Å². The zero-order valence-corrected chi connectivity index (χ0v) is 15.4. The number of epoxide rings is 1. The lowest BCUT2D eigenvalue weighted by molar-refractivity contribution is 0.303. The van der Waals surface area contributed by atoms with Crippen molar-refractivity contribution in [3.8, 4) is 5.75 Å². The Labute approximate surface area is 155 Å². The summed E-state index contributed by atoms with van der Waals surface area (Å²) in [5.74, 6) is 0.781. The molecule has 2 aromatic carbocycles. The van der Waals surface area contributed by atoms with Crippen molar-refractivity contribution >= 4 is 17.0 Å². The van der Waals surface area contributed by atoms with Gasteiger partial charge in [-0.1, -0.05) is 74.0 Å². The Bertz CT molecular complexity index is 710. The highest BCUT2D eigenvalue weighted by molar-refractivity contribution is 6.02. The van der Waals surface area contributed by atoms with Gasteiger partial charge in [-0.25, -0.2) is 0 Å². The lowest BCUT2D eigenvalue weighted by Crippen LogP contribution is -2.01. The molecule has 0 aliphatic carbocycles. The van der Waals surface area contributed by atoms with Gasteiger partial charge in [0.1, 0.15) is 5.75 Å². The van der Waals surface area contributed by atoms with E-state index in [0.717, 1.165) is 35.1 Å². The first-order valence-electron chi connectivity index (χ1n) is 9.82. The third-order valence-electron chi connectivity index (χ3n) is 4.95. The molecule has 1 heterocycles. The Hall–Kier alpha value is -2.07. The maximum atomic E-state index is 8.97. The van der Waals surface area contributed by atoms with Crippen molar-refractivity contribution in [2.75, 3.05) is 13.2 Å². The minimum absolute atomic E-state index is 0.586. The average Bonchev–Trinajstić information content (AvgIpc) is 3.49. The van der Waals surface area contributed by atoms with Gasteiger partial charge in [0.05, 0.1) is 25.5 Å². The van der Waals surface area contributed by atoms with Crippen molar-refractivity contribution in [1.29, 1.82) is 0 Å². The highest BCUT2D eigenvalue weighted by Crippen LogP contribution is 2.27. The first-order valence-corrected chi connectivity index (χ1v) is 9.82. The van der Waals surface area contributed by atoms with Gasteiger partial charge in [-0.2, -0.15) is 0 Å². The van der Waals surface area contributed by atoms with Gasteiger partial charge in [0, 0.05) is 5.56 Å². The Morgan fingerprint density at radius 2 is 1.73 bits per heavy atom. The highest BCUT2D eigenvalue weighted by atomic mass is 16.6. The second-order valence-electron chi connectivity index (χ2n) is 7.01. The molecule has 1 unspecified atom stereocenters. The summed E-state index contributed by atoms with van der Waals surface area (Å²) in [5.41, 5.74) is 0.838. The molecule has 4 nitrogen and oxygen atoms in total. The molecule has 1 atom stereocenters. The standard InChI is InChI=1S/C22H29NO3/c24-23-16-21-20-12-8-7-10-18(20)13-14-22(21)25-15-9-5-3-1-2-4-6-11-19-17-26-19/h7-8,10,12-14,16,19,24H,1-6,9,11,15,17H2/b23-16-. The Morgan fingerprint density at radius 3 is 2.50 bits per heavy atom. The molecule has 1 aliphatic rings. The number of oxime groups is 1. The quantitative estimate of drug-likeness (QED) is 0.179. The summed E-state index contributed by atoms with van der Waals surface area (Å²) >= 11 is 0. The summed E-state index contributed by atoms with van der Waals surface area (Å²) in [7, 11) is 0. The van der Waals surface area contributed by atoms with Crippen LogP contribution in [0.25, 0.3) is 10.8 Å². The van der Waals surface area contributed by atoms with Crippen LogP contribution < -0.4 is 4.74 Å². The Morgan fingerprint density at radius 1 is 1.00 bits per heavy atom. The topological polar surface area (TPSA) is 54.4 Å². The molecule has 0 amide bonds. The minimum Gasteiger partial charge on any atom is -0.493 e. The molecule has 2 aromatic rings. The molecule has 140 valence electrons. The van der Waals surface area contributed by atoms with Crippen molar-refractivity contribution in [2.24, 2.45) is 5.16 Å². The van der Waals surface area contributed by atoms with Crippen molar-refractivity contribution in [3.05, 3.63) is 42.0 Å². The van der Waals surface area contributed by atoms with Crippen molar-refractivity contribution in [2.45, 2.75) is 57.5 Å². The zero-order valence-electron chi connectivity index (χ0n) is 15.4. The molecule has 0 spiro atoms. The van der Waals surface area contributed by atoms with Gasteiger partial charge in [0.15, 0.2) is 0 Å². The van der Waals surface area contributed by atoms with E-state index in [0.29, 0.717) is 12.7 Å². The molecule has 0 radical (unpaired) electrons. The van der Waals surface area contributed by atoms with E-state index < -0.39 is 0 Å². The second-order valence-corrected chi connectivity index (χ2v) is 7.01. The van der Waals surface area contributed by atoms with Crippen LogP contribution in [0.1, 0.15) is 56.9 Å². The smallest absolute Gasteiger partial charge is 0.128 e. The summed E-state index contributed by atoms with van der Waals surface area (Å²) in [6.07, 6.45) is 12.1. The summed E-state index contributed by atoms with van der Waals surface area (Å²) in [6, 6.07) is 12.1.